The SMILES string of the molecule is Cn1ncc2c(=O)n(CCN3C(=O)c4ccccc4C3=O)cnc21. The summed E-state index contributed by atoms with van der Waals surface area (Å²) in [6.45, 7) is 0.293. The summed E-state index contributed by atoms with van der Waals surface area (Å²) < 4.78 is 2.90. The Kier molecular flexibility index (Phi) is 3.05. The Balaban J connectivity index is 1.60. The molecule has 2 amide bonds. The van der Waals surface area contributed by atoms with Crippen LogP contribution in [0.15, 0.2) is 41.6 Å². The summed E-state index contributed by atoms with van der Waals surface area (Å²) in [5.41, 5.74) is 1.05. The molecule has 24 heavy (non-hydrogen) atoms. The van der Waals surface area contributed by atoms with Crippen LogP contribution in [0.25, 0.3) is 11.0 Å². The lowest BCUT2D eigenvalue weighted by atomic mass is 10.1. The van der Waals surface area contributed by atoms with Crippen LogP contribution in [0.4, 0.5) is 0 Å². The number of amides is 2. The predicted octanol–water partition coefficient (Wildman–Crippen LogP) is 0.426. The van der Waals surface area contributed by atoms with E-state index in [4.69, 9.17) is 0 Å². The average molecular weight is 323 g/mol. The van der Waals surface area contributed by atoms with Crippen molar-refractivity contribution in [1.29, 1.82) is 0 Å². The highest BCUT2D eigenvalue weighted by molar-refractivity contribution is 6.21. The van der Waals surface area contributed by atoms with E-state index in [0.29, 0.717) is 22.2 Å². The number of aryl methyl sites for hydroxylation is 1. The monoisotopic (exact) mass is 323 g/mol. The number of imide groups is 1. The predicted molar refractivity (Wildman–Crippen MR) is 84.6 cm³/mol. The van der Waals surface area contributed by atoms with Crippen LogP contribution >= 0.6 is 0 Å². The van der Waals surface area contributed by atoms with Crippen LogP contribution in [0.2, 0.25) is 0 Å². The molecule has 8 nitrogen and oxygen atoms in total. The smallest absolute Gasteiger partial charge is 0.264 e. The van der Waals surface area contributed by atoms with E-state index >= 15 is 0 Å². The number of aromatic nitrogens is 4. The second-order valence-electron chi connectivity index (χ2n) is 5.56. The van der Waals surface area contributed by atoms with Crippen LogP contribution in [-0.4, -0.2) is 42.6 Å². The second kappa shape index (κ2) is 5.12. The van der Waals surface area contributed by atoms with Crippen LogP contribution in [-0.2, 0) is 13.6 Å². The van der Waals surface area contributed by atoms with Crippen LogP contribution in [0.3, 0.4) is 0 Å². The van der Waals surface area contributed by atoms with Crippen LogP contribution in [0, 0.1) is 0 Å². The first kappa shape index (κ1) is 14.3. The molecule has 0 N–H and O–H groups in total. The number of fused-ring (bicyclic) bond motifs is 2. The van der Waals surface area contributed by atoms with Gasteiger partial charge in [0.1, 0.15) is 11.7 Å². The van der Waals surface area contributed by atoms with E-state index in [9.17, 15) is 14.4 Å². The van der Waals surface area contributed by atoms with Gasteiger partial charge in [0.25, 0.3) is 17.4 Å². The summed E-state index contributed by atoms with van der Waals surface area (Å²) in [5.74, 6) is -0.668. The topological polar surface area (TPSA) is 90.1 Å². The van der Waals surface area contributed by atoms with E-state index in [-0.39, 0.29) is 30.5 Å². The van der Waals surface area contributed by atoms with Gasteiger partial charge >= 0.3 is 0 Å². The molecule has 0 unspecified atom stereocenters. The summed E-state index contributed by atoms with van der Waals surface area (Å²) in [7, 11) is 1.71. The molecule has 0 fully saturated rings. The van der Waals surface area contributed by atoms with E-state index in [1.807, 2.05) is 0 Å². The molecule has 0 saturated carbocycles. The Bertz CT molecular complexity index is 1010. The van der Waals surface area contributed by atoms with Gasteiger partial charge in [-0.05, 0) is 12.1 Å². The lowest BCUT2D eigenvalue weighted by Crippen LogP contribution is -2.35. The Morgan fingerprint density at radius 2 is 1.67 bits per heavy atom. The van der Waals surface area contributed by atoms with Crippen LogP contribution in [0.5, 0.6) is 0 Å². The molecular weight excluding hydrogens is 310 g/mol. The zero-order valence-corrected chi connectivity index (χ0v) is 12.8. The molecule has 1 aromatic carbocycles. The van der Waals surface area contributed by atoms with E-state index in [2.05, 4.69) is 10.1 Å². The first-order valence-corrected chi connectivity index (χ1v) is 7.40. The third-order valence-corrected chi connectivity index (χ3v) is 4.16. The van der Waals surface area contributed by atoms with Crippen LogP contribution in [0.1, 0.15) is 20.7 Å². The molecule has 0 aliphatic carbocycles. The maximum atomic E-state index is 12.4. The number of carbonyl (C=O) groups is 2. The van der Waals surface area contributed by atoms with Crippen molar-refractivity contribution < 1.29 is 9.59 Å². The fourth-order valence-electron chi connectivity index (χ4n) is 2.88. The van der Waals surface area contributed by atoms with Crippen molar-refractivity contribution >= 4 is 22.8 Å². The van der Waals surface area contributed by atoms with Crippen molar-refractivity contribution in [3.63, 3.8) is 0 Å². The highest BCUT2D eigenvalue weighted by atomic mass is 16.2. The Labute approximate surface area is 135 Å². The molecule has 3 aromatic rings. The summed E-state index contributed by atoms with van der Waals surface area (Å²) in [6.07, 6.45) is 2.87. The molecule has 120 valence electrons. The molecule has 8 heteroatoms. The number of hydrogen-bond acceptors (Lipinski definition) is 5. The number of nitrogens with zero attached hydrogens (tertiary/aromatic N) is 5. The minimum atomic E-state index is -0.334. The third-order valence-electron chi connectivity index (χ3n) is 4.16. The lowest BCUT2D eigenvalue weighted by Gasteiger charge is -2.14. The maximum absolute atomic E-state index is 12.4. The molecule has 0 radical (unpaired) electrons. The van der Waals surface area contributed by atoms with Gasteiger partial charge < -0.3 is 0 Å². The van der Waals surface area contributed by atoms with Gasteiger partial charge in [0.05, 0.1) is 17.3 Å². The molecular formula is C16H13N5O3. The standard InChI is InChI=1S/C16H13N5O3/c1-19-13-12(8-18-19)14(22)20(9-17-13)6-7-21-15(23)10-4-2-3-5-11(10)16(21)24/h2-5,8-9H,6-7H2,1H3. The summed E-state index contributed by atoms with van der Waals surface area (Å²) in [6, 6.07) is 6.70. The molecule has 3 heterocycles. The van der Waals surface area contributed by atoms with Gasteiger partial charge in [0.15, 0.2) is 5.65 Å². The Hall–Kier alpha value is -3.29. The van der Waals surface area contributed by atoms with E-state index in [1.54, 1.807) is 31.3 Å². The highest BCUT2D eigenvalue weighted by Crippen LogP contribution is 2.22. The highest BCUT2D eigenvalue weighted by Gasteiger charge is 2.34. The van der Waals surface area contributed by atoms with Crippen molar-refractivity contribution in [2.45, 2.75) is 6.54 Å². The van der Waals surface area contributed by atoms with Gasteiger partial charge in [-0.3, -0.25) is 28.5 Å². The van der Waals surface area contributed by atoms with Gasteiger partial charge in [-0.15, -0.1) is 0 Å². The van der Waals surface area contributed by atoms with E-state index in [1.165, 1.54) is 21.8 Å². The number of carbonyl (C=O) groups excluding carboxylic acids is 2. The fourth-order valence-corrected chi connectivity index (χ4v) is 2.88. The Morgan fingerprint density at radius 3 is 2.33 bits per heavy atom. The van der Waals surface area contributed by atoms with Crippen molar-refractivity contribution in [2.75, 3.05) is 6.54 Å². The van der Waals surface area contributed by atoms with Crippen molar-refractivity contribution in [2.24, 2.45) is 7.05 Å². The quantitative estimate of drug-likeness (QED) is 0.652. The van der Waals surface area contributed by atoms with Gasteiger partial charge in [0, 0.05) is 20.1 Å². The average Bonchev–Trinajstić information content (AvgIpc) is 3.08. The first-order valence-electron chi connectivity index (χ1n) is 7.40. The van der Waals surface area contributed by atoms with Crippen molar-refractivity contribution in [1.82, 2.24) is 24.2 Å². The largest absolute Gasteiger partial charge is 0.297 e. The van der Waals surface area contributed by atoms with Crippen LogP contribution < -0.4 is 5.56 Å². The van der Waals surface area contributed by atoms with Crippen molar-refractivity contribution in [3.05, 3.63) is 58.3 Å². The number of rotatable bonds is 3. The van der Waals surface area contributed by atoms with Gasteiger partial charge in [-0.1, -0.05) is 12.1 Å². The molecule has 1 aliphatic heterocycles. The minimum Gasteiger partial charge on any atom is -0.297 e. The second-order valence-corrected chi connectivity index (χ2v) is 5.56. The molecule has 0 spiro atoms. The number of benzene rings is 1. The molecule has 4 rings (SSSR count). The summed E-state index contributed by atoms with van der Waals surface area (Å²) in [5, 5.41) is 4.41. The molecule has 0 saturated heterocycles. The summed E-state index contributed by atoms with van der Waals surface area (Å²) in [4.78, 5) is 42.4. The lowest BCUT2D eigenvalue weighted by molar-refractivity contribution is 0.0648. The van der Waals surface area contributed by atoms with Gasteiger partial charge in [-0.25, -0.2) is 4.98 Å². The fraction of sp³-hybridized carbons (Fsp3) is 0.188. The first-order chi connectivity index (χ1) is 11.6. The molecule has 0 bridgehead atoms. The molecule has 2 aromatic heterocycles. The Morgan fingerprint density at radius 1 is 1.00 bits per heavy atom. The zero-order valence-electron chi connectivity index (χ0n) is 12.8. The minimum absolute atomic E-state index is 0.111. The number of hydrogen-bond donors (Lipinski definition) is 0. The third kappa shape index (κ3) is 1.96. The molecule has 0 atom stereocenters. The zero-order chi connectivity index (χ0) is 16.8. The van der Waals surface area contributed by atoms with E-state index in [0.717, 1.165) is 4.90 Å². The molecule has 1 aliphatic rings. The maximum Gasteiger partial charge on any atom is 0.264 e. The van der Waals surface area contributed by atoms with Gasteiger partial charge in [0.2, 0.25) is 0 Å². The van der Waals surface area contributed by atoms with Gasteiger partial charge in [-0.2, -0.15) is 5.10 Å². The van der Waals surface area contributed by atoms with Crippen molar-refractivity contribution in [3.8, 4) is 0 Å². The van der Waals surface area contributed by atoms with E-state index < -0.39 is 0 Å². The normalized spacial score (nSPS) is 13.8. The summed E-state index contributed by atoms with van der Waals surface area (Å²) >= 11 is 0.